The molecule has 24 heavy (non-hydrogen) atoms. The predicted octanol–water partition coefficient (Wildman–Crippen LogP) is 2.34. The highest BCUT2D eigenvalue weighted by atomic mass is 16.3. The summed E-state index contributed by atoms with van der Waals surface area (Å²) in [5.41, 5.74) is 2.27. The predicted molar refractivity (Wildman–Crippen MR) is 91.6 cm³/mol. The average Bonchev–Trinajstić information content (AvgIpc) is 3.23. The maximum atomic E-state index is 12.2. The first-order valence-electron chi connectivity index (χ1n) is 8.50. The van der Waals surface area contributed by atoms with Crippen LogP contribution in [0.5, 0.6) is 0 Å². The van der Waals surface area contributed by atoms with Crippen molar-refractivity contribution < 1.29 is 14.3 Å². The van der Waals surface area contributed by atoms with Crippen molar-refractivity contribution in [3.63, 3.8) is 0 Å². The van der Waals surface area contributed by atoms with Gasteiger partial charge in [0.1, 0.15) is 5.76 Å². The van der Waals surface area contributed by atoms with Gasteiger partial charge in [0.2, 0.25) is 0 Å². The van der Waals surface area contributed by atoms with Gasteiger partial charge in [0.15, 0.2) is 5.76 Å². The number of aliphatic hydroxyl groups excluding tert-OH is 1. The SMILES string of the molecule is CCc1ccc(C(=O)NCc2ccccc2CN2CC[C@@H](O)C2)o1. The van der Waals surface area contributed by atoms with Crippen LogP contribution in [-0.4, -0.2) is 35.1 Å². The highest BCUT2D eigenvalue weighted by molar-refractivity contribution is 5.91. The molecule has 2 aromatic rings. The van der Waals surface area contributed by atoms with E-state index < -0.39 is 0 Å². The van der Waals surface area contributed by atoms with Gasteiger partial charge in [0.25, 0.3) is 5.91 Å². The molecule has 1 amide bonds. The highest BCUT2D eigenvalue weighted by Gasteiger charge is 2.20. The van der Waals surface area contributed by atoms with Crippen molar-refractivity contribution in [3.05, 3.63) is 59.0 Å². The van der Waals surface area contributed by atoms with Crippen LogP contribution in [-0.2, 0) is 19.5 Å². The Morgan fingerprint density at radius 2 is 2.08 bits per heavy atom. The molecule has 5 nitrogen and oxygen atoms in total. The summed E-state index contributed by atoms with van der Waals surface area (Å²) >= 11 is 0. The lowest BCUT2D eigenvalue weighted by molar-refractivity contribution is 0.0921. The van der Waals surface area contributed by atoms with Gasteiger partial charge in [-0.2, -0.15) is 0 Å². The Morgan fingerprint density at radius 1 is 1.29 bits per heavy atom. The smallest absolute Gasteiger partial charge is 0.287 e. The zero-order chi connectivity index (χ0) is 16.9. The fraction of sp³-hybridized carbons (Fsp3) is 0.421. The third-order valence-electron chi connectivity index (χ3n) is 4.43. The highest BCUT2D eigenvalue weighted by Crippen LogP contribution is 2.17. The second kappa shape index (κ2) is 7.64. The molecule has 128 valence electrons. The van der Waals surface area contributed by atoms with E-state index in [1.54, 1.807) is 6.07 Å². The third kappa shape index (κ3) is 4.04. The van der Waals surface area contributed by atoms with Crippen molar-refractivity contribution in [2.45, 2.75) is 39.0 Å². The average molecular weight is 328 g/mol. The number of carbonyl (C=O) groups excluding carboxylic acids is 1. The van der Waals surface area contributed by atoms with Crippen LogP contribution in [0.15, 0.2) is 40.8 Å². The molecule has 3 rings (SSSR count). The normalized spacial score (nSPS) is 18.0. The minimum Gasteiger partial charge on any atom is -0.456 e. The molecule has 2 heterocycles. The van der Waals surface area contributed by atoms with Crippen LogP contribution in [0.25, 0.3) is 0 Å². The van der Waals surface area contributed by atoms with E-state index in [-0.39, 0.29) is 12.0 Å². The molecule has 5 heteroatoms. The molecular weight excluding hydrogens is 304 g/mol. The standard InChI is InChI=1S/C19H24N2O3/c1-2-17-7-8-18(24-17)19(23)20-11-14-5-3-4-6-15(14)12-21-10-9-16(22)13-21/h3-8,16,22H,2,9-13H2,1H3,(H,20,23)/t16-/m1/s1. The van der Waals surface area contributed by atoms with Crippen LogP contribution >= 0.6 is 0 Å². The van der Waals surface area contributed by atoms with Crippen LogP contribution in [0.4, 0.5) is 0 Å². The summed E-state index contributed by atoms with van der Waals surface area (Å²) in [6.07, 6.45) is 1.39. The van der Waals surface area contributed by atoms with Crippen molar-refractivity contribution in [2.24, 2.45) is 0 Å². The molecule has 1 aromatic heterocycles. The molecular formula is C19H24N2O3. The summed E-state index contributed by atoms with van der Waals surface area (Å²) in [5, 5.41) is 12.6. The Morgan fingerprint density at radius 3 is 2.75 bits per heavy atom. The molecule has 1 fully saturated rings. The van der Waals surface area contributed by atoms with E-state index in [0.717, 1.165) is 37.3 Å². The fourth-order valence-electron chi connectivity index (χ4n) is 3.03. The molecule has 0 bridgehead atoms. The zero-order valence-corrected chi connectivity index (χ0v) is 14.0. The van der Waals surface area contributed by atoms with Crippen LogP contribution in [0.3, 0.4) is 0 Å². The minimum atomic E-state index is -0.219. The lowest BCUT2D eigenvalue weighted by Gasteiger charge is -2.17. The first-order valence-corrected chi connectivity index (χ1v) is 8.50. The topological polar surface area (TPSA) is 65.7 Å². The summed E-state index contributed by atoms with van der Waals surface area (Å²) in [5.74, 6) is 0.973. The van der Waals surface area contributed by atoms with Gasteiger partial charge in [-0.15, -0.1) is 0 Å². The van der Waals surface area contributed by atoms with Crippen LogP contribution < -0.4 is 5.32 Å². The third-order valence-corrected chi connectivity index (χ3v) is 4.43. The summed E-state index contributed by atoms with van der Waals surface area (Å²) in [6.45, 7) is 4.88. The maximum absolute atomic E-state index is 12.2. The minimum absolute atomic E-state index is 0.193. The van der Waals surface area contributed by atoms with E-state index in [4.69, 9.17) is 4.42 Å². The van der Waals surface area contributed by atoms with Crippen molar-refractivity contribution in [1.29, 1.82) is 0 Å². The molecule has 0 radical (unpaired) electrons. The lowest BCUT2D eigenvalue weighted by atomic mass is 10.1. The van der Waals surface area contributed by atoms with Gasteiger partial charge in [-0.25, -0.2) is 0 Å². The van der Waals surface area contributed by atoms with Crippen molar-refractivity contribution in [2.75, 3.05) is 13.1 Å². The van der Waals surface area contributed by atoms with E-state index >= 15 is 0 Å². The van der Waals surface area contributed by atoms with E-state index in [2.05, 4.69) is 16.3 Å². The fourth-order valence-corrected chi connectivity index (χ4v) is 3.03. The maximum Gasteiger partial charge on any atom is 0.287 e. The van der Waals surface area contributed by atoms with E-state index in [1.807, 2.05) is 31.2 Å². The van der Waals surface area contributed by atoms with Gasteiger partial charge in [-0.1, -0.05) is 31.2 Å². The van der Waals surface area contributed by atoms with Crippen molar-refractivity contribution in [3.8, 4) is 0 Å². The molecule has 0 unspecified atom stereocenters. The number of amides is 1. The number of likely N-dealkylation sites (tertiary alicyclic amines) is 1. The number of carbonyl (C=O) groups is 1. The Balaban J connectivity index is 1.61. The number of furan rings is 1. The monoisotopic (exact) mass is 328 g/mol. The number of hydrogen-bond donors (Lipinski definition) is 2. The van der Waals surface area contributed by atoms with Crippen LogP contribution in [0, 0.1) is 0 Å². The van der Waals surface area contributed by atoms with E-state index in [0.29, 0.717) is 18.8 Å². The molecule has 0 saturated carbocycles. The number of β-amino-alcohol motifs (C(OH)–C–C–N with tert-alkyl or cyclic N) is 1. The van der Waals surface area contributed by atoms with Crippen LogP contribution in [0.2, 0.25) is 0 Å². The van der Waals surface area contributed by atoms with Gasteiger partial charge >= 0.3 is 0 Å². The van der Waals surface area contributed by atoms with Gasteiger partial charge in [-0.3, -0.25) is 9.69 Å². The first kappa shape index (κ1) is 16.7. The van der Waals surface area contributed by atoms with E-state index in [1.165, 1.54) is 5.56 Å². The van der Waals surface area contributed by atoms with Crippen molar-refractivity contribution in [1.82, 2.24) is 10.2 Å². The summed E-state index contributed by atoms with van der Waals surface area (Å²) < 4.78 is 5.48. The number of nitrogens with one attached hydrogen (secondary N) is 1. The molecule has 0 spiro atoms. The summed E-state index contributed by atoms with van der Waals surface area (Å²) in [7, 11) is 0. The summed E-state index contributed by atoms with van der Waals surface area (Å²) in [6, 6.07) is 11.6. The van der Waals surface area contributed by atoms with E-state index in [9.17, 15) is 9.90 Å². The lowest BCUT2D eigenvalue weighted by Crippen LogP contribution is -2.25. The molecule has 1 aliphatic heterocycles. The number of aliphatic hydroxyl groups is 1. The molecule has 1 aliphatic rings. The Hall–Kier alpha value is -2.11. The quantitative estimate of drug-likeness (QED) is 0.854. The second-order valence-electron chi connectivity index (χ2n) is 6.25. The molecule has 0 aliphatic carbocycles. The Labute approximate surface area is 142 Å². The van der Waals surface area contributed by atoms with Gasteiger partial charge in [0.05, 0.1) is 6.10 Å². The van der Waals surface area contributed by atoms with Crippen molar-refractivity contribution >= 4 is 5.91 Å². The Kier molecular flexibility index (Phi) is 5.33. The van der Waals surface area contributed by atoms with Gasteiger partial charge < -0.3 is 14.8 Å². The number of benzene rings is 1. The molecule has 1 aromatic carbocycles. The molecule has 1 atom stereocenters. The van der Waals surface area contributed by atoms with Gasteiger partial charge in [-0.05, 0) is 29.7 Å². The number of hydrogen-bond acceptors (Lipinski definition) is 4. The van der Waals surface area contributed by atoms with Crippen LogP contribution in [0.1, 0.15) is 40.8 Å². The van der Waals surface area contributed by atoms with Gasteiger partial charge in [0, 0.05) is 32.6 Å². The number of rotatable bonds is 6. The summed E-state index contributed by atoms with van der Waals surface area (Å²) in [4.78, 5) is 14.4. The second-order valence-corrected chi connectivity index (χ2v) is 6.25. The Bertz CT molecular complexity index is 695. The molecule has 2 N–H and O–H groups in total. The number of nitrogens with zero attached hydrogens (tertiary/aromatic N) is 1. The molecule has 1 saturated heterocycles. The largest absolute Gasteiger partial charge is 0.456 e. The zero-order valence-electron chi connectivity index (χ0n) is 14.0. The number of aryl methyl sites for hydroxylation is 1. The first-order chi connectivity index (χ1) is 11.7.